The second-order valence-corrected chi connectivity index (χ2v) is 7.34. The van der Waals surface area contributed by atoms with Crippen LogP contribution in [0, 0.1) is 6.92 Å². The molecule has 8 heteroatoms. The van der Waals surface area contributed by atoms with E-state index in [1.807, 2.05) is 24.0 Å². The Morgan fingerprint density at radius 2 is 1.89 bits per heavy atom. The average molecular weight is 384 g/mol. The Bertz CT molecular complexity index is 1050. The number of hydrogen-bond donors (Lipinski definition) is 0. The van der Waals surface area contributed by atoms with Crippen LogP contribution in [-0.4, -0.2) is 43.3 Å². The topological polar surface area (TPSA) is 77.3 Å². The minimum atomic E-state index is -0.0791. The number of carbonyl (C=O) groups excluding carboxylic acids is 1. The molecule has 0 unspecified atom stereocenters. The van der Waals surface area contributed by atoms with E-state index in [0.717, 1.165) is 41.3 Å². The first-order chi connectivity index (χ1) is 13.0. The molecule has 1 fully saturated rings. The molecule has 140 valence electrons. The number of rotatable bonds is 3. The molecule has 0 spiro atoms. The summed E-state index contributed by atoms with van der Waals surface area (Å²) in [4.78, 5) is 26.5. The number of pyridine rings is 1. The van der Waals surface area contributed by atoms with Gasteiger partial charge in [-0.3, -0.25) is 9.59 Å². The van der Waals surface area contributed by atoms with Crippen LogP contribution in [0.25, 0.3) is 11.0 Å². The Morgan fingerprint density at radius 1 is 1.15 bits per heavy atom. The van der Waals surface area contributed by atoms with Crippen LogP contribution in [0.4, 0.5) is 0 Å². The van der Waals surface area contributed by atoms with Crippen molar-refractivity contribution in [2.75, 3.05) is 13.1 Å². The monoisotopic (exact) mass is 384 g/mol. The molecule has 2 aromatic heterocycles. The van der Waals surface area contributed by atoms with E-state index >= 15 is 0 Å². The van der Waals surface area contributed by atoms with Crippen LogP contribution < -0.4 is 10.3 Å². The van der Waals surface area contributed by atoms with Gasteiger partial charge >= 0.3 is 0 Å². The lowest BCUT2D eigenvalue weighted by Gasteiger charge is -2.32. The molecule has 0 radical (unpaired) electrons. The number of ether oxygens (including phenoxy) is 1. The van der Waals surface area contributed by atoms with Gasteiger partial charge in [0.15, 0.2) is 0 Å². The number of carbonyl (C=O) groups is 1. The fraction of sp³-hybridized carbons (Fsp3) is 0.368. The number of hydrogen-bond acceptors (Lipinski definition) is 6. The third kappa shape index (κ3) is 3.57. The molecule has 1 amide bonds. The molecule has 1 aliphatic heterocycles. The minimum Gasteiger partial charge on any atom is -0.490 e. The molecule has 0 aliphatic carbocycles. The van der Waals surface area contributed by atoms with Gasteiger partial charge in [0.2, 0.25) is 0 Å². The van der Waals surface area contributed by atoms with Crippen LogP contribution >= 0.6 is 11.7 Å². The lowest BCUT2D eigenvalue weighted by Crippen LogP contribution is -2.41. The van der Waals surface area contributed by atoms with E-state index in [-0.39, 0.29) is 17.6 Å². The molecule has 3 aromatic rings. The summed E-state index contributed by atoms with van der Waals surface area (Å²) in [5, 5.41) is 0. The summed E-state index contributed by atoms with van der Waals surface area (Å²) in [7, 11) is 1.74. The zero-order chi connectivity index (χ0) is 19.0. The summed E-state index contributed by atoms with van der Waals surface area (Å²) in [6.07, 6.45) is 1.48. The van der Waals surface area contributed by atoms with Gasteiger partial charge in [0.05, 0.1) is 11.7 Å². The van der Waals surface area contributed by atoms with Crippen molar-refractivity contribution in [3.63, 3.8) is 0 Å². The molecule has 1 aromatic carbocycles. The average Bonchev–Trinajstić information content (AvgIpc) is 3.14. The van der Waals surface area contributed by atoms with Crippen LogP contribution in [0.1, 0.15) is 28.9 Å². The van der Waals surface area contributed by atoms with Gasteiger partial charge in [-0.25, -0.2) is 0 Å². The second-order valence-electron chi connectivity index (χ2n) is 6.81. The van der Waals surface area contributed by atoms with Crippen molar-refractivity contribution >= 4 is 28.7 Å². The van der Waals surface area contributed by atoms with Gasteiger partial charge in [-0.1, -0.05) is 0 Å². The first-order valence-electron chi connectivity index (χ1n) is 8.87. The summed E-state index contributed by atoms with van der Waals surface area (Å²) in [5.41, 5.74) is 2.98. The fourth-order valence-electron chi connectivity index (χ4n) is 3.27. The van der Waals surface area contributed by atoms with Gasteiger partial charge in [-0.05, 0) is 31.2 Å². The Balaban J connectivity index is 1.39. The van der Waals surface area contributed by atoms with Crippen molar-refractivity contribution in [3.05, 3.63) is 51.9 Å². The Labute approximate surface area is 160 Å². The Hall–Kier alpha value is -2.74. The van der Waals surface area contributed by atoms with Gasteiger partial charge in [-0.2, -0.15) is 8.75 Å². The van der Waals surface area contributed by atoms with E-state index in [2.05, 4.69) is 8.75 Å². The highest BCUT2D eigenvalue weighted by atomic mass is 32.1. The number of fused-ring (bicyclic) bond motifs is 1. The molecule has 0 N–H and O–H groups in total. The van der Waals surface area contributed by atoms with Crippen LogP contribution in [-0.2, 0) is 7.05 Å². The Morgan fingerprint density at radius 3 is 2.63 bits per heavy atom. The highest BCUT2D eigenvalue weighted by Crippen LogP contribution is 2.21. The largest absolute Gasteiger partial charge is 0.490 e. The van der Waals surface area contributed by atoms with E-state index in [1.54, 1.807) is 23.7 Å². The summed E-state index contributed by atoms with van der Waals surface area (Å²) in [6.45, 7) is 3.13. The first kappa shape index (κ1) is 17.7. The summed E-state index contributed by atoms with van der Waals surface area (Å²) < 4.78 is 15.9. The lowest BCUT2D eigenvalue weighted by molar-refractivity contribution is 0.0595. The zero-order valence-electron chi connectivity index (χ0n) is 15.2. The molecule has 27 heavy (non-hydrogen) atoms. The van der Waals surface area contributed by atoms with E-state index in [9.17, 15) is 9.59 Å². The molecule has 3 heterocycles. The summed E-state index contributed by atoms with van der Waals surface area (Å²) in [5.74, 6) is 0.606. The van der Waals surface area contributed by atoms with E-state index in [0.29, 0.717) is 24.4 Å². The quantitative estimate of drug-likeness (QED) is 0.693. The number of nitrogens with zero attached hydrogens (tertiary/aromatic N) is 4. The summed E-state index contributed by atoms with van der Waals surface area (Å²) in [6, 6.07) is 8.82. The SMILES string of the molecule is Cc1cc(OC2CCN(C(=O)c3ccc4nsnc4c3)CC2)cc(=O)n1C. The first-order valence-corrected chi connectivity index (χ1v) is 9.60. The standard InChI is InChI=1S/C19H20N4O3S/c1-12-9-15(11-18(24)22(12)2)26-14-5-7-23(8-6-14)19(25)13-3-4-16-17(10-13)21-27-20-16/h3-4,9-11,14H,5-8H2,1-2H3. The fourth-order valence-corrected chi connectivity index (χ4v) is 3.79. The number of aromatic nitrogens is 3. The molecule has 1 saturated heterocycles. The second kappa shape index (κ2) is 7.11. The van der Waals surface area contributed by atoms with Crippen molar-refractivity contribution in [1.82, 2.24) is 18.2 Å². The zero-order valence-corrected chi connectivity index (χ0v) is 16.0. The third-order valence-corrected chi connectivity index (χ3v) is 5.57. The van der Waals surface area contributed by atoms with E-state index < -0.39 is 0 Å². The van der Waals surface area contributed by atoms with Crippen molar-refractivity contribution in [2.24, 2.45) is 7.05 Å². The van der Waals surface area contributed by atoms with Gasteiger partial charge in [0.1, 0.15) is 22.9 Å². The van der Waals surface area contributed by atoms with Crippen molar-refractivity contribution < 1.29 is 9.53 Å². The predicted octanol–water partition coefficient (Wildman–Crippen LogP) is 2.38. The number of likely N-dealkylation sites (tertiary alicyclic amines) is 1. The minimum absolute atomic E-state index is 0.00535. The van der Waals surface area contributed by atoms with Gasteiger partial charge < -0.3 is 14.2 Å². The maximum atomic E-state index is 12.8. The van der Waals surface area contributed by atoms with Gasteiger partial charge in [0, 0.05) is 50.3 Å². The van der Waals surface area contributed by atoms with Crippen molar-refractivity contribution in [1.29, 1.82) is 0 Å². The summed E-state index contributed by atoms with van der Waals surface area (Å²) >= 11 is 1.15. The molecule has 0 saturated carbocycles. The normalized spacial score (nSPS) is 15.3. The van der Waals surface area contributed by atoms with Crippen LogP contribution in [0.15, 0.2) is 35.1 Å². The number of aryl methyl sites for hydroxylation is 1. The molecule has 4 rings (SSSR count). The molecule has 1 aliphatic rings. The van der Waals surface area contributed by atoms with Crippen molar-refractivity contribution in [2.45, 2.75) is 25.9 Å². The molecular formula is C19H20N4O3S. The number of amides is 1. The smallest absolute Gasteiger partial charge is 0.254 e. The number of piperidine rings is 1. The molecule has 0 atom stereocenters. The van der Waals surface area contributed by atoms with E-state index in [1.165, 1.54) is 6.07 Å². The maximum absolute atomic E-state index is 12.8. The van der Waals surface area contributed by atoms with Crippen LogP contribution in [0.3, 0.4) is 0 Å². The number of benzene rings is 1. The highest BCUT2D eigenvalue weighted by molar-refractivity contribution is 7.00. The predicted molar refractivity (Wildman–Crippen MR) is 103 cm³/mol. The van der Waals surface area contributed by atoms with Crippen LogP contribution in [0.5, 0.6) is 5.75 Å². The van der Waals surface area contributed by atoms with Gasteiger partial charge in [-0.15, -0.1) is 0 Å². The molecule has 0 bridgehead atoms. The highest BCUT2D eigenvalue weighted by Gasteiger charge is 2.25. The molecule has 7 nitrogen and oxygen atoms in total. The third-order valence-electron chi connectivity index (χ3n) is 5.01. The van der Waals surface area contributed by atoms with Gasteiger partial charge in [0.25, 0.3) is 11.5 Å². The lowest BCUT2D eigenvalue weighted by atomic mass is 10.1. The van der Waals surface area contributed by atoms with E-state index in [4.69, 9.17) is 4.74 Å². The maximum Gasteiger partial charge on any atom is 0.254 e. The van der Waals surface area contributed by atoms with Crippen molar-refractivity contribution in [3.8, 4) is 5.75 Å². The molecular weight excluding hydrogens is 364 g/mol. The van der Waals surface area contributed by atoms with Crippen LogP contribution in [0.2, 0.25) is 0 Å². The Kier molecular flexibility index (Phi) is 4.65.